The number of rotatable bonds is 0. The fraction of sp³-hybridized carbons (Fsp3) is 0.300. The first-order valence-corrected chi connectivity index (χ1v) is 5.44. The molecule has 4 heteroatoms. The lowest BCUT2D eigenvalue weighted by atomic mass is 10.2. The summed E-state index contributed by atoms with van der Waals surface area (Å²) in [5.74, 6) is 0.882. The number of thiazole rings is 1. The molecule has 2 aromatic heterocycles. The van der Waals surface area contributed by atoms with Crippen LogP contribution in [0.3, 0.4) is 0 Å². The number of fused-ring (bicyclic) bond motifs is 3. The molecule has 0 atom stereocenters. The summed E-state index contributed by atoms with van der Waals surface area (Å²) in [6.07, 6.45) is 2.70. The molecule has 0 aromatic carbocycles. The largest absolute Gasteiger partial charge is 0.448 e. The van der Waals surface area contributed by atoms with Gasteiger partial charge in [-0.2, -0.15) is 0 Å². The molecule has 3 heterocycles. The molecule has 0 radical (unpaired) electrons. The molecule has 3 rings (SSSR count). The Hall–Kier alpha value is -1.29. The minimum Gasteiger partial charge on any atom is -0.448 e. The van der Waals surface area contributed by atoms with Crippen LogP contribution >= 0.6 is 11.3 Å². The minimum absolute atomic E-state index is 0.882. The van der Waals surface area contributed by atoms with Crippen LogP contribution in [0.2, 0.25) is 0 Å². The first-order valence-electron chi connectivity index (χ1n) is 4.62. The normalized spacial score (nSPS) is 14.1. The third-order valence-electron chi connectivity index (χ3n) is 2.36. The summed E-state index contributed by atoms with van der Waals surface area (Å²) in [5, 5.41) is 4.39. The summed E-state index contributed by atoms with van der Waals surface area (Å²) < 4.78 is 5.37. The Morgan fingerprint density at radius 3 is 3.43 bits per heavy atom. The smallest absolute Gasteiger partial charge is 0.201 e. The van der Waals surface area contributed by atoms with Crippen LogP contribution < -0.4 is 5.32 Å². The van der Waals surface area contributed by atoms with Crippen LogP contribution in [-0.4, -0.2) is 11.5 Å². The molecule has 0 bridgehead atoms. The quantitative estimate of drug-likeness (QED) is 0.720. The average Bonchev–Trinajstić information content (AvgIpc) is 2.70. The molecule has 1 N–H and O–H groups in total. The van der Waals surface area contributed by atoms with Gasteiger partial charge in [-0.25, -0.2) is 4.98 Å². The van der Waals surface area contributed by atoms with Crippen molar-refractivity contribution in [3.8, 4) is 10.4 Å². The lowest BCUT2D eigenvalue weighted by Gasteiger charge is -1.97. The van der Waals surface area contributed by atoms with Crippen molar-refractivity contribution < 1.29 is 4.42 Å². The summed E-state index contributed by atoms with van der Waals surface area (Å²) in [5.41, 5.74) is 2.35. The zero-order chi connectivity index (χ0) is 9.54. The molecule has 0 fully saturated rings. The van der Waals surface area contributed by atoms with Gasteiger partial charge < -0.3 is 9.73 Å². The first-order chi connectivity index (χ1) is 6.84. The lowest BCUT2D eigenvalue weighted by molar-refractivity contribution is 0.580. The molecule has 0 aliphatic carbocycles. The molecule has 0 unspecified atom stereocenters. The lowest BCUT2D eigenvalue weighted by Crippen LogP contribution is -2.02. The standard InChI is InChI=1S/C10H10N2OS/c1-6-12-8-2-4-11-10-7(3-5-13-10)9(8)14-6/h3,5,11H,2,4H2,1H3. The van der Waals surface area contributed by atoms with Crippen molar-refractivity contribution in [3.05, 3.63) is 23.0 Å². The molecule has 14 heavy (non-hydrogen) atoms. The Bertz CT molecular complexity index is 472. The Labute approximate surface area is 85.8 Å². The number of nitrogens with zero attached hydrogens (tertiary/aromatic N) is 1. The van der Waals surface area contributed by atoms with E-state index in [0.29, 0.717) is 0 Å². The molecule has 2 aromatic rings. The Balaban J connectivity index is 2.26. The van der Waals surface area contributed by atoms with Gasteiger partial charge in [-0.15, -0.1) is 11.3 Å². The number of aryl methyl sites for hydroxylation is 1. The number of anilines is 1. The highest BCUT2D eigenvalue weighted by atomic mass is 32.1. The van der Waals surface area contributed by atoms with Crippen molar-refractivity contribution in [3.63, 3.8) is 0 Å². The number of hydrogen-bond donors (Lipinski definition) is 1. The Morgan fingerprint density at radius 2 is 2.50 bits per heavy atom. The molecule has 0 amide bonds. The van der Waals surface area contributed by atoms with Crippen LogP contribution in [0.25, 0.3) is 10.4 Å². The maximum Gasteiger partial charge on any atom is 0.201 e. The highest BCUT2D eigenvalue weighted by Gasteiger charge is 2.19. The number of furan rings is 1. The van der Waals surface area contributed by atoms with Crippen LogP contribution in [0.4, 0.5) is 5.88 Å². The van der Waals surface area contributed by atoms with Crippen LogP contribution in [0.1, 0.15) is 10.7 Å². The highest BCUT2D eigenvalue weighted by molar-refractivity contribution is 7.15. The van der Waals surface area contributed by atoms with E-state index in [4.69, 9.17) is 4.42 Å². The fourth-order valence-corrected chi connectivity index (χ4v) is 2.76. The van der Waals surface area contributed by atoms with E-state index in [-0.39, 0.29) is 0 Å². The Morgan fingerprint density at radius 1 is 1.57 bits per heavy atom. The molecular weight excluding hydrogens is 196 g/mol. The van der Waals surface area contributed by atoms with E-state index in [1.54, 1.807) is 17.6 Å². The van der Waals surface area contributed by atoms with Crippen molar-refractivity contribution in [2.24, 2.45) is 0 Å². The van der Waals surface area contributed by atoms with Crippen LogP contribution in [0.5, 0.6) is 0 Å². The van der Waals surface area contributed by atoms with Gasteiger partial charge in [0.1, 0.15) is 0 Å². The van der Waals surface area contributed by atoms with Gasteiger partial charge in [-0.3, -0.25) is 0 Å². The first kappa shape index (κ1) is 8.05. The predicted molar refractivity (Wildman–Crippen MR) is 56.7 cm³/mol. The molecular formula is C10H10N2OS. The highest BCUT2D eigenvalue weighted by Crippen LogP contribution is 2.37. The maximum absolute atomic E-state index is 5.37. The van der Waals surface area contributed by atoms with Crippen molar-refractivity contribution >= 4 is 17.2 Å². The third-order valence-corrected chi connectivity index (χ3v) is 3.41. The third kappa shape index (κ3) is 1.07. The fourth-order valence-electron chi connectivity index (χ4n) is 1.77. The van der Waals surface area contributed by atoms with Gasteiger partial charge in [0, 0.05) is 13.0 Å². The van der Waals surface area contributed by atoms with Gasteiger partial charge in [0.2, 0.25) is 5.88 Å². The number of aromatic nitrogens is 1. The summed E-state index contributed by atoms with van der Waals surface area (Å²) in [6.45, 7) is 2.95. The molecule has 72 valence electrons. The number of hydrogen-bond acceptors (Lipinski definition) is 4. The van der Waals surface area contributed by atoms with Crippen LogP contribution in [0, 0.1) is 6.92 Å². The van der Waals surface area contributed by atoms with Crippen molar-refractivity contribution in [2.45, 2.75) is 13.3 Å². The summed E-state index contributed by atoms with van der Waals surface area (Å²) in [7, 11) is 0. The van der Waals surface area contributed by atoms with E-state index in [1.165, 1.54) is 10.6 Å². The van der Waals surface area contributed by atoms with Gasteiger partial charge >= 0.3 is 0 Å². The monoisotopic (exact) mass is 206 g/mol. The van der Waals surface area contributed by atoms with E-state index < -0.39 is 0 Å². The van der Waals surface area contributed by atoms with E-state index in [9.17, 15) is 0 Å². The molecule has 1 aliphatic heterocycles. The summed E-state index contributed by atoms with van der Waals surface area (Å²) in [6, 6.07) is 2.00. The van der Waals surface area contributed by atoms with E-state index >= 15 is 0 Å². The molecule has 0 saturated carbocycles. The van der Waals surface area contributed by atoms with Gasteiger partial charge in [0.15, 0.2) is 0 Å². The number of nitrogens with one attached hydrogen (secondary N) is 1. The molecule has 0 spiro atoms. The van der Waals surface area contributed by atoms with Gasteiger partial charge in [0.05, 0.1) is 27.4 Å². The van der Waals surface area contributed by atoms with Gasteiger partial charge in [0.25, 0.3) is 0 Å². The zero-order valence-electron chi connectivity index (χ0n) is 7.83. The zero-order valence-corrected chi connectivity index (χ0v) is 8.65. The topological polar surface area (TPSA) is 38.1 Å². The Kier molecular flexibility index (Phi) is 1.64. The molecule has 3 nitrogen and oxygen atoms in total. The van der Waals surface area contributed by atoms with Crippen LogP contribution in [-0.2, 0) is 6.42 Å². The van der Waals surface area contributed by atoms with Gasteiger partial charge in [-0.1, -0.05) is 0 Å². The van der Waals surface area contributed by atoms with Crippen molar-refractivity contribution in [1.29, 1.82) is 0 Å². The van der Waals surface area contributed by atoms with E-state index in [1.807, 2.05) is 13.0 Å². The van der Waals surface area contributed by atoms with Crippen LogP contribution in [0.15, 0.2) is 16.7 Å². The SMILES string of the molecule is Cc1nc2c(s1)-c1ccoc1NCC2. The average molecular weight is 206 g/mol. The molecule has 1 aliphatic rings. The molecule has 0 saturated heterocycles. The minimum atomic E-state index is 0.882. The van der Waals surface area contributed by atoms with E-state index in [2.05, 4.69) is 10.3 Å². The second kappa shape index (κ2) is 2.85. The maximum atomic E-state index is 5.37. The second-order valence-corrected chi connectivity index (χ2v) is 4.55. The van der Waals surface area contributed by atoms with Crippen molar-refractivity contribution in [2.75, 3.05) is 11.9 Å². The summed E-state index contributed by atoms with van der Waals surface area (Å²) >= 11 is 1.74. The predicted octanol–water partition coefficient (Wildman–Crippen LogP) is 2.68. The summed E-state index contributed by atoms with van der Waals surface area (Å²) in [4.78, 5) is 5.79. The second-order valence-electron chi connectivity index (χ2n) is 3.35. The van der Waals surface area contributed by atoms with Crippen molar-refractivity contribution in [1.82, 2.24) is 4.98 Å². The van der Waals surface area contributed by atoms with E-state index in [0.717, 1.165) is 29.4 Å². The van der Waals surface area contributed by atoms with Gasteiger partial charge in [-0.05, 0) is 13.0 Å².